The number of fused-ring (bicyclic) bond motifs is 2. The Hall–Kier alpha value is -4.32. The van der Waals surface area contributed by atoms with Crippen molar-refractivity contribution in [2.24, 2.45) is 0 Å². The Labute approximate surface area is 259 Å². The molecule has 2 aliphatic rings. The van der Waals surface area contributed by atoms with Gasteiger partial charge in [-0.15, -0.1) is 0 Å². The molecule has 0 amide bonds. The topological polar surface area (TPSA) is 103 Å². The molecule has 11 heteroatoms. The van der Waals surface area contributed by atoms with Crippen LogP contribution in [0.1, 0.15) is 37.8 Å². The van der Waals surface area contributed by atoms with E-state index in [0.29, 0.717) is 12.1 Å². The maximum atomic E-state index is 13.3. The number of benzene rings is 2. The molecule has 234 valence electrons. The normalized spacial score (nSPS) is 16.8. The first kappa shape index (κ1) is 29.4. The average Bonchev–Trinajstić information content (AvgIpc) is 3.88. The number of hydrogen-bond donors (Lipinski definition) is 4. The lowest BCUT2D eigenvalue weighted by Gasteiger charge is -2.31. The van der Waals surface area contributed by atoms with Gasteiger partial charge in [0, 0.05) is 88.5 Å². The molecule has 2 aliphatic heterocycles. The number of nitrogens with zero attached hydrogens (tertiary/aromatic N) is 5. The summed E-state index contributed by atoms with van der Waals surface area (Å²) in [6, 6.07) is 10.5. The number of aromatic nitrogens is 6. The largest absolute Gasteiger partial charge is 0.395 e. The third-order valence-electron chi connectivity index (χ3n) is 9.14. The summed E-state index contributed by atoms with van der Waals surface area (Å²) in [4.78, 5) is 8.54. The van der Waals surface area contributed by atoms with E-state index in [2.05, 4.69) is 47.5 Å². The minimum Gasteiger partial charge on any atom is -0.395 e. The fourth-order valence-corrected chi connectivity index (χ4v) is 6.65. The van der Waals surface area contributed by atoms with Crippen LogP contribution in [0.2, 0.25) is 0 Å². The smallest absolute Gasteiger partial charge is 0.125 e. The van der Waals surface area contributed by atoms with E-state index >= 15 is 0 Å². The summed E-state index contributed by atoms with van der Waals surface area (Å²) in [5, 5.41) is 23.5. The molecule has 2 saturated heterocycles. The standard InChI is InChI=1S/C18H21FN4O.C16H17FN4/c19-14-1-2-16-17(11-20-18(16)9-14)13-10-21-23(12-13)15-3-5-22(6-4-15)7-8-24;17-12-1-2-14-15(9-19-16(14)7-12)11-8-20-21(10-11)13-3-5-18-6-4-13/h1-2,9-12,15,20,24H,3-8H2;1-2,7-10,13,18-19H,3-6H2. The molecule has 0 aliphatic carbocycles. The van der Waals surface area contributed by atoms with Crippen LogP contribution in [0.5, 0.6) is 0 Å². The molecule has 0 radical (unpaired) electrons. The number of nitrogens with one attached hydrogen (secondary N) is 3. The average molecular weight is 613 g/mol. The van der Waals surface area contributed by atoms with Gasteiger partial charge in [0.05, 0.1) is 31.1 Å². The number of likely N-dealkylation sites (tertiary alicyclic amines) is 1. The summed E-state index contributed by atoms with van der Waals surface area (Å²) in [6.45, 7) is 5.05. The van der Waals surface area contributed by atoms with Crippen molar-refractivity contribution in [2.75, 3.05) is 39.3 Å². The minimum absolute atomic E-state index is 0.220. The molecule has 9 nitrogen and oxygen atoms in total. The third-order valence-corrected chi connectivity index (χ3v) is 9.14. The van der Waals surface area contributed by atoms with Gasteiger partial charge in [-0.25, -0.2) is 8.78 Å². The second-order valence-electron chi connectivity index (χ2n) is 12.0. The Kier molecular flexibility index (Phi) is 8.47. The summed E-state index contributed by atoms with van der Waals surface area (Å²) < 4.78 is 30.7. The van der Waals surface area contributed by atoms with Crippen LogP contribution < -0.4 is 5.32 Å². The molecule has 8 rings (SSSR count). The first-order valence-electron chi connectivity index (χ1n) is 15.7. The molecule has 6 heterocycles. The SMILES string of the molecule is Fc1ccc2c(-c3cnn(C4CCNCC4)c3)c[nH]c2c1.OCCN1CCC(n2cc(-c3c[nH]c4cc(F)ccc34)cn2)CC1. The number of piperidine rings is 2. The van der Waals surface area contributed by atoms with Gasteiger partial charge in [-0.2, -0.15) is 10.2 Å². The van der Waals surface area contributed by atoms with E-state index in [-0.39, 0.29) is 18.2 Å². The number of halogens is 2. The zero-order chi connectivity index (χ0) is 30.8. The van der Waals surface area contributed by atoms with Gasteiger partial charge in [-0.3, -0.25) is 9.36 Å². The minimum atomic E-state index is -0.235. The van der Waals surface area contributed by atoms with Gasteiger partial charge in [0.1, 0.15) is 11.6 Å². The van der Waals surface area contributed by atoms with Gasteiger partial charge >= 0.3 is 0 Å². The zero-order valence-corrected chi connectivity index (χ0v) is 25.1. The fourth-order valence-electron chi connectivity index (χ4n) is 6.65. The summed E-state index contributed by atoms with van der Waals surface area (Å²) >= 11 is 0. The highest BCUT2D eigenvalue weighted by molar-refractivity contribution is 5.96. The molecule has 6 aromatic rings. The van der Waals surface area contributed by atoms with E-state index in [1.54, 1.807) is 6.07 Å². The van der Waals surface area contributed by atoms with E-state index in [1.165, 1.54) is 24.3 Å². The van der Waals surface area contributed by atoms with Crippen LogP contribution in [0.25, 0.3) is 44.1 Å². The molecule has 0 unspecified atom stereocenters. The Morgan fingerprint density at radius 2 is 1.24 bits per heavy atom. The highest BCUT2D eigenvalue weighted by atomic mass is 19.1. The van der Waals surface area contributed by atoms with E-state index in [0.717, 1.165) is 102 Å². The van der Waals surface area contributed by atoms with E-state index in [4.69, 9.17) is 5.11 Å². The number of aliphatic hydroxyl groups excluding tert-OH is 1. The van der Waals surface area contributed by atoms with Crippen LogP contribution in [0.4, 0.5) is 8.78 Å². The highest BCUT2D eigenvalue weighted by Crippen LogP contribution is 2.32. The van der Waals surface area contributed by atoms with Crippen molar-refractivity contribution in [3.05, 3.63) is 85.2 Å². The predicted octanol–water partition coefficient (Wildman–Crippen LogP) is 5.89. The van der Waals surface area contributed by atoms with E-state index in [9.17, 15) is 8.78 Å². The molecule has 45 heavy (non-hydrogen) atoms. The summed E-state index contributed by atoms with van der Waals surface area (Å²) in [5.41, 5.74) is 5.87. The lowest BCUT2D eigenvalue weighted by Crippen LogP contribution is -2.36. The van der Waals surface area contributed by atoms with Crippen LogP contribution in [0.3, 0.4) is 0 Å². The molecule has 4 N–H and O–H groups in total. The Morgan fingerprint density at radius 3 is 1.76 bits per heavy atom. The number of β-amino-alcohol motifs (C(OH)–C–C–N with tert-alkyl or cyclic N) is 1. The molecule has 2 fully saturated rings. The van der Waals surface area contributed by atoms with Crippen molar-refractivity contribution in [3.8, 4) is 22.3 Å². The van der Waals surface area contributed by atoms with Gasteiger partial charge in [0.25, 0.3) is 0 Å². The molecule has 0 saturated carbocycles. The van der Waals surface area contributed by atoms with Gasteiger partial charge in [0.15, 0.2) is 0 Å². The van der Waals surface area contributed by atoms with E-state index in [1.807, 2.05) is 35.5 Å². The second kappa shape index (κ2) is 13.0. The lowest BCUT2D eigenvalue weighted by atomic mass is 10.1. The van der Waals surface area contributed by atoms with Crippen LogP contribution in [-0.4, -0.2) is 78.9 Å². The van der Waals surface area contributed by atoms with Crippen molar-refractivity contribution in [1.29, 1.82) is 0 Å². The molecule has 0 bridgehead atoms. The third kappa shape index (κ3) is 6.28. The maximum Gasteiger partial charge on any atom is 0.125 e. The monoisotopic (exact) mass is 612 g/mol. The number of rotatable bonds is 6. The molecule has 0 atom stereocenters. The van der Waals surface area contributed by atoms with Crippen LogP contribution in [0.15, 0.2) is 73.6 Å². The Balaban J connectivity index is 0.000000146. The summed E-state index contributed by atoms with van der Waals surface area (Å²) in [5.74, 6) is -0.456. The quantitative estimate of drug-likeness (QED) is 0.188. The molecule has 4 aromatic heterocycles. The van der Waals surface area contributed by atoms with Crippen molar-refractivity contribution in [1.82, 2.24) is 39.7 Å². The first-order valence-corrected chi connectivity index (χ1v) is 15.7. The van der Waals surface area contributed by atoms with Crippen LogP contribution in [-0.2, 0) is 0 Å². The first-order chi connectivity index (χ1) is 22.1. The van der Waals surface area contributed by atoms with Crippen molar-refractivity contribution < 1.29 is 13.9 Å². The van der Waals surface area contributed by atoms with Gasteiger partial charge in [0.2, 0.25) is 0 Å². The predicted molar refractivity (Wildman–Crippen MR) is 172 cm³/mol. The Morgan fingerprint density at radius 1 is 0.733 bits per heavy atom. The number of aliphatic hydroxyl groups is 1. The number of H-pyrrole nitrogens is 2. The van der Waals surface area contributed by atoms with Gasteiger partial charge in [-0.05, 0) is 75.2 Å². The summed E-state index contributed by atoms with van der Waals surface area (Å²) in [7, 11) is 0. The lowest BCUT2D eigenvalue weighted by molar-refractivity contribution is 0.146. The van der Waals surface area contributed by atoms with Gasteiger partial charge in [-0.1, -0.05) is 0 Å². The van der Waals surface area contributed by atoms with Crippen molar-refractivity contribution in [2.45, 2.75) is 37.8 Å². The van der Waals surface area contributed by atoms with E-state index < -0.39 is 0 Å². The van der Waals surface area contributed by atoms with Crippen LogP contribution in [0, 0.1) is 11.6 Å². The number of aromatic amines is 2. The highest BCUT2D eigenvalue weighted by Gasteiger charge is 2.21. The molecular weight excluding hydrogens is 574 g/mol. The molecule has 2 aromatic carbocycles. The summed E-state index contributed by atoms with van der Waals surface area (Å²) in [6.07, 6.45) is 16.1. The van der Waals surface area contributed by atoms with Crippen molar-refractivity contribution in [3.63, 3.8) is 0 Å². The maximum absolute atomic E-state index is 13.3. The van der Waals surface area contributed by atoms with Crippen LogP contribution >= 0.6 is 0 Å². The molecular formula is C34H38F2N8O. The number of hydrogen-bond acceptors (Lipinski definition) is 5. The van der Waals surface area contributed by atoms with Gasteiger partial charge < -0.3 is 25.3 Å². The second-order valence-corrected chi connectivity index (χ2v) is 12.0. The van der Waals surface area contributed by atoms with Crippen molar-refractivity contribution >= 4 is 21.8 Å². The zero-order valence-electron chi connectivity index (χ0n) is 25.1. The Bertz CT molecular complexity index is 1870. The fraction of sp³-hybridized carbons (Fsp3) is 0.353. The molecule has 0 spiro atoms.